The van der Waals surface area contributed by atoms with E-state index in [1.165, 1.54) is 0 Å². The zero-order valence-electron chi connectivity index (χ0n) is 17.5. The van der Waals surface area contributed by atoms with E-state index in [9.17, 15) is 4.79 Å². The van der Waals surface area contributed by atoms with Crippen LogP contribution in [0.3, 0.4) is 0 Å². The number of primary amides is 1. The van der Waals surface area contributed by atoms with Gasteiger partial charge in [-0.2, -0.15) is 0 Å². The summed E-state index contributed by atoms with van der Waals surface area (Å²) in [6.45, 7) is 0.301. The second-order valence-electron chi connectivity index (χ2n) is 7.15. The minimum Gasteiger partial charge on any atom is -0.486 e. The van der Waals surface area contributed by atoms with Gasteiger partial charge in [-0.1, -0.05) is 17.7 Å². The molecular formula is C23H20ClN6O2. The van der Waals surface area contributed by atoms with Gasteiger partial charge in [0, 0.05) is 43.1 Å². The smallest absolute Gasteiger partial charge is 0.286 e. The number of rotatable bonds is 7. The molecule has 4 rings (SSSR count). The van der Waals surface area contributed by atoms with Crippen LogP contribution < -0.4 is 20.7 Å². The SMILES string of the molecule is CN(C)c1[c]cc2c(Nc3ccc(OCc4ccccn4)c(Cl)c3)nc(C(N)=O)nc2c1. The van der Waals surface area contributed by atoms with Crippen molar-refractivity contribution in [1.82, 2.24) is 15.0 Å². The Morgan fingerprint density at radius 3 is 2.75 bits per heavy atom. The number of carbonyl (C=O) groups is 1. The van der Waals surface area contributed by atoms with E-state index in [1.54, 1.807) is 30.5 Å². The largest absolute Gasteiger partial charge is 0.486 e. The molecule has 2 heterocycles. The Morgan fingerprint density at radius 2 is 2.06 bits per heavy atom. The van der Waals surface area contributed by atoms with Crippen LogP contribution in [-0.4, -0.2) is 35.0 Å². The number of nitrogens with zero attached hydrogens (tertiary/aromatic N) is 4. The van der Waals surface area contributed by atoms with E-state index in [0.717, 1.165) is 11.4 Å². The third-order valence-corrected chi connectivity index (χ3v) is 4.91. The molecule has 1 amide bonds. The minimum atomic E-state index is -0.717. The number of fused-ring (bicyclic) bond motifs is 1. The van der Waals surface area contributed by atoms with Gasteiger partial charge in [-0.25, -0.2) is 9.97 Å². The summed E-state index contributed by atoms with van der Waals surface area (Å²) in [4.78, 5) is 26.4. The van der Waals surface area contributed by atoms with Gasteiger partial charge >= 0.3 is 0 Å². The van der Waals surface area contributed by atoms with Crippen molar-refractivity contribution in [3.8, 4) is 5.75 Å². The molecule has 0 fully saturated rings. The fraction of sp³-hybridized carbons (Fsp3) is 0.130. The number of carbonyl (C=O) groups excluding carboxylic acids is 1. The topological polar surface area (TPSA) is 106 Å². The predicted molar refractivity (Wildman–Crippen MR) is 125 cm³/mol. The van der Waals surface area contributed by atoms with Crippen LogP contribution in [0.5, 0.6) is 5.75 Å². The van der Waals surface area contributed by atoms with Crippen molar-refractivity contribution in [2.24, 2.45) is 5.73 Å². The van der Waals surface area contributed by atoms with Crippen molar-refractivity contribution in [2.75, 3.05) is 24.3 Å². The molecule has 0 aliphatic carbocycles. The standard InChI is InChI=1S/C23H20ClN6O2/c1-30(2)16-7-8-17-19(12-16)28-23(21(25)31)29-22(17)27-14-6-9-20(18(24)11-14)32-13-15-5-3-4-10-26-15/h3-6,8-12H,13H2,1-2H3,(H2,25,31)(H,27,28,29). The Bertz CT molecular complexity index is 1280. The van der Waals surface area contributed by atoms with Crippen molar-refractivity contribution in [3.05, 3.63) is 77.3 Å². The highest BCUT2D eigenvalue weighted by Gasteiger charge is 2.14. The zero-order valence-corrected chi connectivity index (χ0v) is 18.2. The number of aromatic nitrogens is 3. The number of ether oxygens (including phenoxy) is 1. The molecular weight excluding hydrogens is 428 g/mol. The maximum Gasteiger partial charge on any atom is 0.286 e. The summed E-state index contributed by atoms with van der Waals surface area (Å²) in [6, 6.07) is 17.6. The fourth-order valence-electron chi connectivity index (χ4n) is 2.99. The normalized spacial score (nSPS) is 10.7. The van der Waals surface area contributed by atoms with E-state index in [-0.39, 0.29) is 5.82 Å². The Balaban J connectivity index is 1.62. The fourth-order valence-corrected chi connectivity index (χ4v) is 3.22. The Kier molecular flexibility index (Phi) is 6.04. The molecule has 1 radical (unpaired) electrons. The molecule has 0 aliphatic rings. The second kappa shape index (κ2) is 9.07. The third-order valence-electron chi connectivity index (χ3n) is 4.61. The maximum absolute atomic E-state index is 11.8. The van der Waals surface area contributed by atoms with E-state index in [1.807, 2.05) is 43.3 Å². The first-order chi connectivity index (χ1) is 15.4. The van der Waals surface area contributed by atoms with Gasteiger partial charge in [-0.3, -0.25) is 9.78 Å². The molecule has 0 aliphatic heterocycles. The summed E-state index contributed by atoms with van der Waals surface area (Å²) in [5.74, 6) is 0.142. The number of hydrogen-bond acceptors (Lipinski definition) is 7. The molecule has 0 bridgehead atoms. The number of benzene rings is 2. The molecule has 32 heavy (non-hydrogen) atoms. The highest BCUT2D eigenvalue weighted by atomic mass is 35.5. The van der Waals surface area contributed by atoms with Gasteiger partial charge in [0.1, 0.15) is 18.2 Å². The number of hydrogen-bond donors (Lipinski definition) is 2. The number of amides is 1. The molecule has 0 spiro atoms. The van der Waals surface area contributed by atoms with Gasteiger partial charge in [0.25, 0.3) is 5.91 Å². The molecule has 2 aromatic carbocycles. The number of anilines is 3. The lowest BCUT2D eigenvalue weighted by molar-refractivity contribution is 0.0991. The molecule has 0 unspecified atom stereocenters. The number of nitrogens with one attached hydrogen (secondary N) is 1. The van der Waals surface area contributed by atoms with Crippen LogP contribution in [0.2, 0.25) is 5.02 Å². The molecule has 8 nitrogen and oxygen atoms in total. The maximum atomic E-state index is 11.8. The Hall–Kier alpha value is -3.91. The average Bonchev–Trinajstić information content (AvgIpc) is 2.78. The van der Waals surface area contributed by atoms with Crippen LogP contribution in [0.1, 0.15) is 16.3 Å². The average molecular weight is 448 g/mol. The molecule has 3 N–H and O–H groups in total. The first kappa shape index (κ1) is 21.3. The third kappa shape index (κ3) is 4.70. The molecule has 0 atom stereocenters. The summed E-state index contributed by atoms with van der Waals surface area (Å²) in [7, 11) is 3.79. The summed E-state index contributed by atoms with van der Waals surface area (Å²) < 4.78 is 5.77. The van der Waals surface area contributed by atoms with E-state index < -0.39 is 5.91 Å². The first-order valence-electron chi connectivity index (χ1n) is 9.70. The van der Waals surface area contributed by atoms with Gasteiger partial charge in [0.05, 0.1) is 16.2 Å². The molecule has 0 saturated carbocycles. The van der Waals surface area contributed by atoms with Crippen LogP contribution in [0.15, 0.2) is 54.7 Å². The Morgan fingerprint density at radius 1 is 1.22 bits per heavy atom. The summed E-state index contributed by atoms with van der Waals surface area (Å²) in [6.07, 6.45) is 1.71. The monoisotopic (exact) mass is 447 g/mol. The summed E-state index contributed by atoms with van der Waals surface area (Å²) >= 11 is 6.41. The lowest BCUT2D eigenvalue weighted by Crippen LogP contribution is -2.16. The number of pyridine rings is 1. The van der Waals surface area contributed by atoms with Crippen LogP contribution >= 0.6 is 11.6 Å². The van der Waals surface area contributed by atoms with Crippen molar-refractivity contribution in [1.29, 1.82) is 0 Å². The second-order valence-corrected chi connectivity index (χ2v) is 7.56. The van der Waals surface area contributed by atoms with Crippen molar-refractivity contribution < 1.29 is 9.53 Å². The number of halogens is 1. The van der Waals surface area contributed by atoms with Gasteiger partial charge in [0.2, 0.25) is 5.82 Å². The summed E-state index contributed by atoms with van der Waals surface area (Å²) in [5, 5.41) is 4.29. The quantitative estimate of drug-likeness (QED) is 0.441. The first-order valence-corrected chi connectivity index (χ1v) is 10.1. The van der Waals surface area contributed by atoms with Crippen LogP contribution in [0.4, 0.5) is 17.2 Å². The highest BCUT2D eigenvalue weighted by Crippen LogP contribution is 2.31. The molecule has 4 aromatic rings. The Labute approximate surface area is 190 Å². The van der Waals surface area contributed by atoms with E-state index in [4.69, 9.17) is 22.1 Å². The molecule has 2 aromatic heterocycles. The van der Waals surface area contributed by atoms with E-state index in [0.29, 0.717) is 39.8 Å². The highest BCUT2D eigenvalue weighted by molar-refractivity contribution is 6.32. The molecule has 161 valence electrons. The zero-order chi connectivity index (χ0) is 22.7. The van der Waals surface area contributed by atoms with E-state index >= 15 is 0 Å². The van der Waals surface area contributed by atoms with Gasteiger partial charge < -0.3 is 20.7 Å². The molecule has 0 saturated heterocycles. The van der Waals surface area contributed by atoms with E-state index in [2.05, 4.69) is 26.3 Å². The molecule has 9 heteroatoms. The van der Waals surface area contributed by atoms with Crippen molar-refractivity contribution in [3.63, 3.8) is 0 Å². The lowest BCUT2D eigenvalue weighted by Gasteiger charge is -2.15. The van der Waals surface area contributed by atoms with Crippen LogP contribution in [-0.2, 0) is 6.61 Å². The van der Waals surface area contributed by atoms with Crippen LogP contribution in [0.25, 0.3) is 10.9 Å². The predicted octanol–water partition coefficient (Wildman–Crippen LogP) is 3.97. The lowest BCUT2D eigenvalue weighted by atomic mass is 10.2. The summed E-state index contributed by atoms with van der Waals surface area (Å²) in [5.41, 5.74) is 8.28. The van der Waals surface area contributed by atoms with Gasteiger partial charge in [-0.05, 0) is 42.5 Å². The van der Waals surface area contributed by atoms with Crippen molar-refractivity contribution >= 4 is 45.6 Å². The van der Waals surface area contributed by atoms with Gasteiger partial charge in [0.15, 0.2) is 0 Å². The van der Waals surface area contributed by atoms with Crippen LogP contribution in [0, 0.1) is 6.07 Å². The number of nitrogens with two attached hydrogens (primary N) is 1. The minimum absolute atomic E-state index is 0.0858. The van der Waals surface area contributed by atoms with Crippen molar-refractivity contribution in [2.45, 2.75) is 6.61 Å². The van der Waals surface area contributed by atoms with Gasteiger partial charge in [-0.15, -0.1) is 0 Å².